The van der Waals surface area contributed by atoms with Crippen molar-refractivity contribution in [2.75, 3.05) is 11.1 Å². The van der Waals surface area contributed by atoms with Crippen molar-refractivity contribution >= 4 is 23.0 Å². The Kier molecular flexibility index (Phi) is 3.88. The van der Waals surface area contributed by atoms with Gasteiger partial charge in [0.15, 0.2) is 0 Å². The Morgan fingerprint density at radius 1 is 1.26 bits per heavy atom. The van der Waals surface area contributed by atoms with Crippen LogP contribution in [0.4, 0.5) is 15.8 Å². The van der Waals surface area contributed by atoms with Crippen LogP contribution in [0.15, 0.2) is 36.4 Å². The summed E-state index contributed by atoms with van der Waals surface area (Å²) in [6.45, 7) is 0.491. The third-order valence-electron chi connectivity index (χ3n) is 2.65. The molecule has 0 heterocycles. The number of nitrogens with zero attached hydrogens (tertiary/aromatic N) is 1. The maximum absolute atomic E-state index is 13.0. The van der Waals surface area contributed by atoms with Crippen LogP contribution >= 0.6 is 11.6 Å². The van der Waals surface area contributed by atoms with Gasteiger partial charge in [-0.2, -0.15) is 5.26 Å². The van der Waals surface area contributed by atoms with E-state index in [-0.39, 0.29) is 5.02 Å². The van der Waals surface area contributed by atoms with Crippen LogP contribution in [0.5, 0.6) is 0 Å². The van der Waals surface area contributed by atoms with E-state index in [0.717, 1.165) is 11.3 Å². The van der Waals surface area contributed by atoms with Crippen molar-refractivity contribution in [3.05, 3.63) is 58.4 Å². The maximum Gasteiger partial charge on any atom is 0.141 e. The molecule has 0 aliphatic rings. The van der Waals surface area contributed by atoms with Crippen LogP contribution in [0.1, 0.15) is 11.1 Å². The van der Waals surface area contributed by atoms with Gasteiger partial charge in [0.2, 0.25) is 0 Å². The summed E-state index contributed by atoms with van der Waals surface area (Å²) >= 11 is 5.70. The molecule has 2 rings (SSSR count). The molecule has 5 heteroatoms. The summed E-state index contributed by atoms with van der Waals surface area (Å²) in [5.41, 5.74) is 8.22. The second kappa shape index (κ2) is 5.59. The number of benzene rings is 2. The Hall–Kier alpha value is -2.25. The van der Waals surface area contributed by atoms with E-state index >= 15 is 0 Å². The third-order valence-corrected chi connectivity index (χ3v) is 2.94. The van der Waals surface area contributed by atoms with Gasteiger partial charge in [-0.3, -0.25) is 0 Å². The summed E-state index contributed by atoms with van der Waals surface area (Å²) in [6, 6.07) is 11.6. The molecule has 3 nitrogen and oxygen atoms in total. The van der Waals surface area contributed by atoms with Gasteiger partial charge in [-0.25, -0.2) is 4.39 Å². The summed E-state index contributed by atoms with van der Waals surface area (Å²) in [4.78, 5) is 0. The zero-order valence-corrected chi connectivity index (χ0v) is 10.7. The van der Waals surface area contributed by atoms with Crippen LogP contribution in [-0.2, 0) is 6.54 Å². The summed E-state index contributed by atoms with van der Waals surface area (Å²) in [5.74, 6) is -0.437. The number of hydrogen-bond donors (Lipinski definition) is 2. The Bertz CT molecular complexity index is 650. The Morgan fingerprint density at radius 3 is 2.68 bits per heavy atom. The van der Waals surface area contributed by atoms with Crippen molar-refractivity contribution in [2.24, 2.45) is 0 Å². The van der Waals surface area contributed by atoms with Gasteiger partial charge in [0.1, 0.15) is 11.9 Å². The van der Waals surface area contributed by atoms with Crippen LogP contribution in [0.3, 0.4) is 0 Å². The number of rotatable bonds is 3. The minimum absolute atomic E-state index is 0.0960. The Balaban J connectivity index is 2.08. The van der Waals surface area contributed by atoms with Gasteiger partial charge in [0, 0.05) is 12.2 Å². The van der Waals surface area contributed by atoms with Gasteiger partial charge in [-0.1, -0.05) is 17.7 Å². The van der Waals surface area contributed by atoms with Crippen molar-refractivity contribution in [3.63, 3.8) is 0 Å². The molecule has 96 valence electrons. The van der Waals surface area contributed by atoms with E-state index in [4.69, 9.17) is 22.6 Å². The quantitative estimate of drug-likeness (QED) is 0.842. The summed E-state index contributed by atoms with van der Waals surface area (Å²) in [5, 5.41) is 12.0. The molecule has 0 saturated carbocycles. The molecule has 0 bridgehead atoms. The first kappa shape index (κ1) is 13.2. The highest BCUT2D eigenvalue weighted by atomic mass is 35.5. The van der Waals surface area contributed by atoms with Gasteiger partial charge in [0.25, 0.3) is 0 Å². The van der Waals surface area contributed by atoms with Crippen molar-refractivity contribution in [1.29, 1.82) is 5.26 Å². The summed E-state index contributed by atoms with van der Waals surface area (Å²) < 4.78 is 13.0. The largest absolute Gasteiger partial charge is 0.398 e. The van der Waals surface area contributed by atoms with Crippen LogP contribution in [0, 0.1) is 17.1 Å². The van der Waals surface area contributed by atoms with Gasteiger partial charge in [0.05, 0.1) is 16.3 Å². The van der Waals surface area contributed by atoms with Crippen LogP contribution in [-0.4, -0.2) is 0 Å². The number of halogens is 2. The Morgan fingerprint density at radius 2 is 2.05 bits per heavy atom. The number of nitrogens with two attached hydrogens (primary N) is 1. The fourth-order valence-corrected chi connectivity index (χ4v) is 1.83. The molecule has 2 aromatic rings. The van der Waals surface area contributed by atoms with Crippen molar-refractivity contribution in [2.45, 2.75) is 6.54 Å². The Labute approximate surface area is 115 Å². The lowest BCUT2D eigenvalue weighted by Gasteiger charge is -2.08. The van der Waals surface area contributed by atoms with Gasteiger partial charge in [-0.05, 0) is 35.9 Å². The van der Waals surface area contributed by atoms with E-state index in [2.05, 4.69) is 5.32 Å². The molecule has 0 saturated heterocycles. The first-order chi connectivity index (χ1) is 9.10. The van der Waals surface area contributed by atoms with Crippen LogP contribution in [0.25, 0.3) is 0 Å². The highest BCUT2D eigenvalue weighted by Gasteiger charge is 2.02. The van der Waals surface area contributed by atoms with Gasteiger partial charge < -0.3 is 11.1 Å². The molecule has 2 aromatic carbocycles. The molecule has 0 fully saturated rings. The summed E-state index contributed by atoms with van der Waals surface area (Å²) in [7, 11) is 0. The first-order valence-corrected chi connectivity index (χ1v) is 5.95. The number of hydrogen-bond acceptors (Lipinski definition) is 3. The van der Waals surface area contributed by atoms with Crippen LogP contribution in [0.2, 0.25) is 5.02 Å². The van der Waals surface area contributed by atoms with Crippen molar-refractivity contribution in [1.82, 2.24) is 0 Å². The molecule has 19 heavy (non-hydrogen) atoms. The lowest BCUT2D eigenvalue weighted by molar-refractivity contribution is 0.627. The molecular formula is C14H11ClFN3. The lowest BCUT2D eigenvalue weighted by Crippen LogP contribution is -2.01. The molecule has 0 spiro atoms. The first-order valence-electron chi connectivity index (χ1n) is 5.57. The van der Waals surface area contributed by atoms with Gasteiger partial charge in [-0.15, -0.1) is 0 Å². The topological polar surface area (TPSA) is 61.8 Å². The van der Waals surface area contributed by atoms with Crippen molar-refractivity contribution < 1.29 is 4.39 Å². The van der Waals surface area contributed by atoms with E-state index < -0.39 is 5.82 Å². The fraction of sp³-hybridized carbons (Fsp3) is 0.0714. The maximum atomic E-state index is 13.0. The third kappa shape index (κ3) is 3.15. The molecule has 0 aliphatic carbocycles. The second-order valence-electron chi connectivity index (χ2n) is 4.02. The zero-order valence-electron chi connectivity index (χ0n) is 9.95. The van der Waals surface area contributed by atoms with Crippen molar-refractivity contribution in [3.8, 4) is 6.07 Å². The molecule has 0 unspecified atom stereocenters. The normalized spacial score (nSPS) is 9.95. The standard InChI is InChI=1S/C14H11ClFN3/c15-12-5-9(1-4-13(12)16)8-19-11-3-2-10(7-17)14(18)6-11/h1-6,19H,8,18H2. The zero-order chi connectivity index (χ0) is 13.8. The van der Waals surface area contributed by atoms with E-state index in [0.29, 0.717) is 17.8 Å². The fourth-order valence-electron chi connectivity index (χ4n) is 1.63. The van der Waals surface area contributed by atoms with E-state index in [1.54, 1.807) is 30.3 Å². The smallest absolute Gasteiger partial charge is 0.141 e. The number of anilines is 2. The van der Waals surface area contributed by atoms with Gasteiger partial charge >= 0.3 is 0 Å². The van der Waals surface area contributed by atoms with E-state index in [1.807, 2.05) is 6.07 Å². The van der Waals surface area contributed by atoms with E-state index in [1.165, 1.54) is 6.07 Å². The highest BCUT2D eigenvalue weighted by Crippen LogP contribution is 2.19. The molecule has 0 amide bonds. The highest BCUT2D eigenvalue weighted by molar-refractivity contribution is 6.30. The molecule has 0 aromatic heterocycles. The number of nitrogen functional groups attached to an aromatic ring is 1. The monoisotopic (exact) mass is 275 g/mol. The SMILES string of the molecule is N#Cc1ccc(NCc2ccc(F)c(Cl)c2)cc1N. The molecule has 0 radical (unpaired) electrons. The second-order valence-corrected chi connectivity index (χ2v) is 4.42. The minimum atomic E-state index is -0.437. The lowest BCUT2D eigenvalue weighted by atomic mass is 10.1. The average molecular weight is 276 g/mol. The average Bonchev–Trinajstić information content (AvgIpc) is 2.40. The summed E-state index contributed by atoms with van der Waals surface area (Å²) in [6.07, 6.45) is 0. The number of nitrogens with one attached hydrogen (secondary N) is 1. The minimum Gasteiger partial charge on any atom is -0.398 e. The van der Waals surface area contributed by atoms with E-state index in [9.17, 15) is 4.39 Å². The predicted molar refractivity (Wildman–Crippen MR) is 74.3 cm³/mol. The molecule has 3 N–H and O–H groups in total. The predicted octanol–water partition coefficient (Wildman–Crippen LogP) is 3.55. The molecular weight excluding hydrogens is 265 g/mol. The number of nitriles is 1. The molecule has 0 aliphatic heterocycles. The van der Waals surface area contributed by atoms with Crippen LogP contribution < -0.4 is 11.1 Å². The molecule has 0 atom stereocenters.